The molecule has 0 bridgehead atoms. The topological polar surface area (TPSA) is 103 Å². The summed E-state index contributed by atoms with van der Waals surface area (Å²) in [5, 5.41) is 18.2. The molecule has 5 aromatic rings. The second-order valence-corrected chi connectivity index (χ2v) is 9.07. The number of anilines is 1. The highest BCUT2D eigenvalue weighted by Gasteiger charge is 2.26. The Hall–Kier alpha value is -3.23. The molecule has 8 heteroatoms. The Balaban J connectivity index is 1.43. The molecule has 0 saturated heterocycles. The monoisotopic (exact) mass is 431 g/mol. The van der Waals surface area contributed by atoms with Crippen LogP contribution in [0.25, 0.3) is 43.5 Å². The van der Waals surface area contributed by atoms with Crippen LogP contribution < -0.4 is 5.73 Å². The van der Waals surface area contributed by atoms with Gasteiger partial charge in [0, 0.05) is 64.2 Å². The van der Waals surface area contributed by atoms with E-state index in [4.69, 9.17) is 10.2 Å². The average Bonchev–Trinajstić information content (AvgIpc) is 3.58. The van der Waals surface area contributed by atoms with Gasteiger partial charge in [0.05, 0.1) is 16.9 Å². The van der Waals surface area contributed by atoms with Gasteiger partial charge in [-0.2, -0.15) is 5.10 Å². The van der Waals surface area contributed by atoms with Crippen molar-refractivity contribution in [3.8, 4) is 22.5 Å². The predicted octanol–water partition coefficient (Wildman–Crippen LogP) is 4.88. The molecule has 1 aliphatic rings. The normalized spacial score (nSPS) is 19.0. The van der Waals surface area contributed by atoms with Gasteiger partial charge in [0.1, 0.15) is 5.76 Å². The van der Waals surface area contributed by atoms with E-state index in [1.54, 1.807) is 23.7 Å². The highest BCUT2D eigenvalue weighted by molar-refractivity contribution is 7.17. The van der Waals surface area contributed by atoms with E-state index >= 15 is 0 Å². The lowest BCUT2D eigenvalue weighted by Crippen LogP contribution is -2.07. The molecule has 1 fully saturated rings. The Bertz CT molecular complexity index is 1400. The van der Waals surface area contributed by atoms with Crippen LogP contribution in [0, 0.1) is 5.92 Å². The minimum atomic E-state index is 0.248. The number of furan rings is 1. The minimum Gasteiger partial charge on any atom is -0.452 e. The quantitative estimate of drug-likeness (QED) is 0.420. The van der Waals surface area contributed by atoms with E-state index in [-0.39, 0.29) is 6.61 Å². The van der Waals surface area contributed by atoms with Gasteiger partial charge in [-0.3, -0.25) is 9.67 Å². The third-order valence-electron chi connectivity index (χ3n) is 6.29. The van der Waals surface area contributed by atoms with Crippen LogP contribution in [0.15, 0.2) is 52.9 Å². The first-order chi connectivity index (χ1) is 15.2. The lowest BCUT2D eigenvalue weighted by molar-refractivity contribution is 0.225. The molecule has 0 radical (unpaired) electrons. The molecule has 1 saturated carbocycles. The summed E-state index contributed by atoms with van der Waals surface area (Å²) in [6, 6.07) is 4.37. The molecule has 6 rings (SSSR count). The molecule has 0 aliphatic heterocycles. The molecule has 5 heterocycles. The van der Waals surface area contributed by atoms with E-state index in [1.807, 2.05) is 29.2 Å². The van der Waals surface area contributed by atoms with Gasteiger partial charge in [-0.05, 0) is 37.3 Å². The van der Waals surface area contributed by atoms with Crippen LogP contribution in [0.4, 0.5) is 5.82 Å². The number of aliphatic hydroxyl groups is 1. The molecule has 3 N–H and O–H groups in total. The van der Waals surface area contributed by atoms with E-state index in [2.05, 4.69) is 26.6 Å². The Morgan fingerprint density at radius 3 is 3.00 bits per heavy atom. The average molecular weight is 432 g/mol. The maximum absolute atomic E-state index is 9.44. The lowest BCUT2D eigenvalue weighted by atomic mass is 10.1. The first-order valence-corrected chi connectivity index (χ1v) is 11.2. The van der Waals surface area contributed by atoms with Crippen molar-refractivity contribution in [1.82, 2.24) is 19.7 Å². The number of nitrogens with zero attached hydrogens (tertiary/aromatic N) is 4. The first-order valence-electron chi connectivity index (χ1n) is 10.4. The maximum atomic E-state index is 9.44. The molecular formula is C23H21N5O2S. The summed E-state index contributed by atoms with van der Waals surface area (Å²) >= 11 is 1.64. The number of aromatic nitrogens is 4. The largest absolute Gasteiger partial charge is 0.452 e. The van der Waals surface area contributed by atoms with E-state index in [9.17, 15) is 5.11 Å². The fraction of sp³-hybridized carbons (Fsp3) is 0.261. The zero-order chi connectivity index (χ0) is 20.9. The van der Waals surface area contributed by atoms with Crippen molar-refractivity contribution in [3.05, 3.63) is 48.5 Å². The second-order valence-electron chi connectivity index (χ2n) is 8.16. The highest BCUT2D eigenvalue weighted by atomic mass is 32.1. The number of fused-ring (bicyclic) bond motifs is 2. The molecular weight excluding hydrogens is 410 g/mol. The van der Waals surface area contributed by atoms with Gasteiger partial charge in [-0.1, -0.05) is 0 Å². The predicted molar refractivity (Wildman–Crippen MR) is 122 cm³/mol. The van der Waals surface area contributed by atoms with Crippen LogP contribution in [0.2, 0.25) is 0 Å². The van der Waals surface area contributed by atoms with Gasteiger partial charge < -0.3 is 15.3 Å². The van der Waals surface area contributed by atoms with Crippen LogP contribution in [0.5, 0.6) is 0 Å². The zero-order valence-corrected chi connectivity index (χ0v) is 17.5. The van der Waals surface area contributed by atoms with Crippen LogP contribution >= 0.6 is 11.3 Å². The molecule has 1 aliphatic carbocycles. The summed E-state index contributed by atoms with van der Waals surface area (Å²) in [5.74, 6) is 1.51. The Kier molecular flexibility index (Phi) is 4.29. The van der Waals surface area contributed by atoms with Gasteiger partial charge in [-0.25, -0.2) is 4.98 Å². The Morgan fingerprint density at radius 1 is 1.19 bits per heavy atom. The molecule has 0 spiro atoms. The number of nitrogen functional groups attached to an aromatic ring is 1. The van der Waals surface area contributed by atoms with Crippen molar-refractivity contribution in [1.29, 1.82) is 0 Å². The fourth-order valence-electron chi connectivity index (χ4n) is 4.61. The van der Waals surface area contributed by atoms with Crippen molar-refractivity contribution >= 4 is 38.2 Å². The molecule has 2 atom stereocenters. The minimum absolute atomic E-state index is 0.248. The van der Waals surface area contributed by atoms with Crippen molar-refractivity contribution in [2.75, 3.05) is 12.3 Å². The number of hydrogen-bond acceptors (Lipinski definition) is 7. The number of nitrogens with two attached hydrogens (primary N) is 1. The number of thiophene rings is 1. The van der Waals surface area contributed by atoms with Crippen LogP contribution in [-0.2, 0) is 0 Å². The van der Waals surface area contributed by atoms with Crippen molar-refractivity contribution in [3.63, 3.8) is 0 Å². The van der Waals surface area contributed by atoms with E-state index in [0.717, 1.165) is 57.2 Å². The lowest BCUT2D eigenvalue weighted by Gasteiger charge is -2.10. The molecule has 31 heavy (non-hydrogen) atoms. The SMILES string of the molecule is Nc1ncc(-c2cnn(C3CCC(CO)C3)c2)c2cc(-c3csc4cnccc34)oc12. The maximum Gasteiger partial charge on any atom is 0.177 e. The third kappa shape index (κ3) is 3.02. The standard InChI is InChI=1S/C23H21N5O2S/c24-23-22-17(6-20(30-22)19-12-31-21-9-25-4-3-16(19)21)18(8-26-23)14-7-27-28(10-14)15-2-1-13(5-15)11-29/h3-4,6-10,12-13,15,29H,1-2,5,11H2,(H2,24,26). The summed E-state index contributed by atoms with van der Waals surface area (Å²) in [4.78, 5) is 8.58. The van der Waals surface area contributed by atoms with Crippen LogP contribution in [0.3, 0.4) is 0 Å². The third-order valence-corrected chi connectivity index (χ3v) is 7.22. The van der Waals surface area contributed by atoms with Crippen molar-refractivity contribution in [2.45, 2.75) is 25.3 Å². The molecule has 7 nitrogen and oxygen atoms in total. The Morgan fingerprint density at radius 2 is 2.13 bits per heavy atom. The molecule has 0 aromatic carbocycles. The van der Waals surface area contributed by atoms with E-state index in [1.165, 1.54) is 0 Å². The second kappa shape index (κ2) is 7.18. The smallest absolute Gasteiger partial charge is 0.177 e. The van der Waals surface area contributed by atoms with E-state index < -0.39 is 0 Å². The number of rotatable bonds is 4. The van der Waals surface area contributed by atoms with Gasteiger partial charge in [0.2, 0.25) is 0 Å². The summed E-state index contributed by atoms with van der Waals surface area (Å²) in [7, 11) is 0. The fourth-order valence-corrected chi connectivity index (χ4v) is 5.53. The first kappa shape index (κ1) is 18.5. The van der Waals surface area contributed by atoms with Gasteiger partial charge in [-0.15, -0.1) is 11.3 Å². The number of aliphatic hydroxyl groups excluding tert-OH is 1. The summed E-state index contributed by atoms with van der Waals surface area (Å²) in [6.45, 7) is 0.248. The molecule has 0 amide bonds. The summed E-state index contributed by atoms with van der Waals surface area (Å²) in [6.07, 6.45) is 12.4. The van der Waals surface area contributed by atoms with E-state index in [0.29, 0.717) is 23.4 Å². The zero-order valence-electron chi connectivity index (χ0n) is 16.7. The summed E-state index contributed by atoms with van der Waals surface area (Å²) in [5.41, 5.74) is 9.71. The highest BCUT2D eigenvalue weighted by Crippen LogP contribution is 2.41. The number of hydrogen-bond donors (Lipinski definition) is 2. The van der Waals surface area contributed by atoms with Crippen LogP contribution in [0.1, 0.15) is 25.3 Å². The molecule has 2 unspecified atom stereocenters. The van der Waals surface area contributed by atoms with Crippen molar-refractivity contribution in [2.24, 2.45) is 5.92 Å². The molecule has 156 valence electrons. The van der Waals surface area contributed by atoms with Crippen LogP contribution in [-0.4, -0.2) is 31.5 Å². The number of pyridine rings is 2. The van der Waals surface area contributed by atoms with Crippen molar-refractivity contribution < 1.29 is 9.52 Å². The Labute approximate surface area is 182 Å². The molecule has 5 aromatic heterocycles. The van der Waals surface area contributed by atoms with Gasteiger partial charge in [0.25, 0.3) is 0 Å². The summed E-state index contributed by atoms with van der Waals surface area (Å²) < 4.78 is 9.33. The van der Waals surface area contributed by atoms with Gasteiger partial charge >= 0.3 is 0 Å². The van der Waals surface area contributed by atoms with Gasteiger partial charge in [0.15, 0.2) is 11.4 Å².